The van der Waals surface area contributed by atoms with Gasteiger partial charge in [0.2, 0.25) is 8.32 Å². The second kappa shape index (κ2) is 22.4. The molecule has 4 aromatic carbocycles. The lowest BCUT2D eigenvalue weighted by Gasteiger charge is -2.50. The lowest BCUT2D eigenvalue weighted by atomic mass is 9.98. The molecule has 0 spiro atoms. The van der Waals surface area contributed by atoms with Crippen molar-refractivity contribution in [1.29, 1.82) is 0 Å². The van der Waals surface area contributed by atoms with Crippen molar-refractivity contribution in [3.05, 3.63) is 144 Å². The Kier molecular flexibility index (Phi) is 16.4. The molecule has 0 radical (unpaired) electrons. The molecule has 4 aromatic rings. The van der Waals surface area contributed by atoms with Gasteiger partial charge in [0.1, 0.15) is 48.3 Å². The lowest BCUT2D eigenvalue weighted by Crippen LogP contribution is -2.64. The third kappa shape index (κ3) is 11.2. The highest BCUT2D eigenvalue weighted by Gasteiger charge is 2.63. The van der Waals surface area contributed by atoms with Crippen molar-refractivity contribution in [1.82, 2.24) is 0 Å². The zero-order valence-corrected chi connectivity index (χ0v) is 43.3. The Balaban J connectivity index is 1.02. The summed E-state index contributed by atoms with van der Waals surface area (Å²) in [6, 6.07) is 40.0. The predicted molar refractivity (Wildman–Crippen MR) is 264 cm³/mol. The molecule has 0 bridgehead atoms. The molecule has 5 unspecified atom stereocenters. The summed E-state index contributed by atoms with van der Waals surface area (Å²) in [6.07, 6.45) is -8.44. The van der Waals surface area contributed by atoms with E-state index in [4.69, 9.17) is 61.3 Å². The van der Waals surface area contributed by atoms with Gasteiger partial charge in [-0.15, -0.1) is 0 Å². The first-order valence-electron chi connectivity index (χ1n) is 25.3. The molecule has 14 heteroatoms. The van der Waals surface area contributed by atoms with E-state index in [2.05, 4.69) is 41.5 Å². The van der Waals surface area contributed by atoms with Crippen LogP contribution in [0.4, 0.5) is 0 Å². The summed E-state index contributed by atoms with van der Waals surface area (Å²) in [6.45, 7) is 20.9. The summed E-state index contributed by atoms with van der Waals surface area (Å²) in [7, 11) is -2.41. The quantitative estimate of drug-likeness (QED) is 0.0783. The van der Waals surface area contributed by atoms with Crippen LogP contribution >= 0.6 is 0 Å². The van der Waals surface area contributed by atoms with Crippen molar-refractivity contribution in [2.75, 3.05) is 19.8 Å². The van der Waals surface area contributed by atoms with Crippen LogP contribution in [-0.2, 0) is 81.1 Å². The van der Waals surface area contributed by atoms with E-state index in [1.54, 1.807) is 0 Å². The van der Waals surface area contributed by atoms with E-state index in [1.165, 1.54) is 0 Å². The smallest absolute Gasteiger partial charge is 0.203 e. The van der Waals surface area contributed by atoms with Crippen molar-refractivity contribution in [3.8, 4) is 0 Å². The van der Waals surface area contributed by atoms with Crippen molar-refractivity contribution in [2.24, 2.45) is 0 Å². The van der Waals surface area contributed by atoms with Crippen LogP contribution in [-0.4, -0.2) is 107 Å². The van der Waals surface area contributed by atoms with Gasteiger partial charge in [-0.3, -0.25) is 0 Å². The van der Waals surface area contributed by atoms with Crippen molar-refractivity contribution in [2.45, 2.75) is 184 Å². The number of hydrogen-bond donors (Lipinski definition) is 0. The molecule has 13 nitrogen and oxygen atoms in total. The standard InChI is InChI=1S/C56H74O13Si/c1-36(2)70(37(3)4,38(5)6)69-53-49-47(66-55(8,9)67-49)45(39(7)62-53)63-52-48(59-32-42-26-18-12-19-27-42)46(44(33-60-52)58-31-41-24-16-11-17-25-41)64-54-50-56(35-61-54,34-57-30-40-22-14-10-15-23-40)68-51(65-50)43-28-20-13-21-29-43/h10-29,36-39,44-54H,30-35H2,1-9H3/t39-,44-,45+,46?,47?,48?,49?,50?,51+,52+,53+,54+,56+/m1/s1. The highest BCUT2D eigenvalue weighted by atomic mass is 28.4. The second-order valence-electron chi connectivity index (χ2n) is 20.8. The first-order chi connectivity index (χ1) is 33.7. The van der Waals surface area contributed by atoms with Crippen LogP contribution in [0.15, 0.2) is 121 Å². The van der Waals surface area contributed by atoms with E-state index < -0.39 is 93.7 Å². The van der Waals surface area contributed by atoms with Gasteiger partial charge in [0.25, 0.3) is 0 Å². The molecule has 70 heavy (non-hydrogen) atoms. The Morgan fingerprint density at radius 1 is 0.571 bits per heavy atom. The number of ether oxygens (including phenoxy) is 12. The van der Waals surface area contributed by atoms with E-state index in [1.807, 2.05) is 142 Å². The first-order valence-corrected chi connectivity index (χ1v) is 27.4. The van der Waals surface area contributed by atoms with Gasteiger partial charge < -0.3 is 61.3 Å². The van der Waals surface area contributed by atoms with Crippen molar-refractivity contribution < 1.29 is 61.3 Å². The van der Waals surface area contributed by atoms with Crippen molar-refractivity contribution >= 4 is 8.32 Å². The van der Waals surface area contributed by atoms with E-state index in [0.29, 0.717) is 29.8 Å². The summed E-state index contributed by atoms with van der Waals surface area (Å²) in [5.41, 5.74) is 3.92. The van der Waals surface area contributed by atoms with Crippen LogP contribution in [0.5, 0.6) is 0 Å². The summed E-state index contributed by atoms with van der Waals surface area (Å²) in [5.74, 6) is -0.930. The SMILES string of the molecule is CC(C)[Si](O[C@@H]1O[C@H](C)[C@H](O[C@@H]2OC[C@@H](OCc3ccccc3)C(O[C@@H]3OC[C@]4(COCc5ccccc5)O[C@@H](c5ccccc5)OC34)C2OCc2ccccc2)C2OC(C)(C)OC21)(C(C)C)C(C)C. The van der Waals surface area contributed by atoms with Gasteiger partial charge in [-0.1, -0.05) is 163 Å². The summed E-state index contributed by atoms with van der Waals surface area (Å²) in [4.78, 5) is 0. The number of rotatable bonds is 20. The minimum absolute atomic E-state index is 0.121. The van der Waals surface area contributed by atoms with Gasteiger partial charge in [0.05, 0.1) is 45.7 Å². The van der Waals surface area contributed by atoms with Gasteiger partial charge in [-0.05, 0) is 54.1 Å². The summed E-state index contributed by atoms with van der Waals surface area (Å²) >= 11 is 0. The molecular formula is C56H74O13Si. The molecule has 9 rings (SSSR count). The van der Waals surface area contributed by atoms with E-state index >= 15 is 0 Å². The number of fused-ring (bicyclic) bond motifs is 2. The Hall–Kier alpha value is -3.42. The molecule has 5 saturated heterocycles. The molecule has 5 heterocycles. The fourth-order valence-electron chi connectivity index (χ4n) is 11.3. The zero-order chi connectivity index (χ0) is 49.0. The van der Waals surface area contributed by atoms with Crippen LogP contribution in [0, 0.1) is 0 Å². The first kappa shape index (κ1) is 51.5. The van der Waals surface area contributed by atoms with Crippen molar-refractivity contribution in [3.63, 3.8) is 0 Å². The van der Waals surface area contributed by atoms with Gasteiger partial charge in [0.15, 0.2) is 30.9 Å². The second-order valence-corrected chi connectivity index (χ2v) is 26.3. The Labute approximate surface area is 415 Å². The molecule has 5 aliphatic rings. The molecule has 0 aliphatic carbocycles. The Morgan fingerprint density at radius 3 is 1.71 bits per heavy atom. The monoisotopic (exact) mass is 982 g/mol. The Bertz CT molecular complexity index is 2200. The third-order valence-corrected chi connectivity index (χ3v) is 20.6. The highest BCUT2D eigenvalue weighted by molar-refractivity contribution is 6.77. The Morgan fingerprint density at radius 2 is 1.11 bits per heavy atom. The maximum atomic E-state index is 7.30. The number of benzene rings is 4. The fourth-order valence-corrected chi connectivity index (χ4v) is 16.7. The van der Waals surface area contributed by atoms with Gasteiger partial charge in [-0.2, -0.15) is 0 Å². The van der Waals surface area contributed by atoms with Crippen LogP contribution in [0.25, 0.3) is 0 Å². The lowest BCUT2D eigenvalue weighted by molar-refractivity contribution is -0.350. The number of hydrogen-bond acceptors (Lipinski definition) is 13. The predicted octanol–water partition coefficient (Wildman–Crippen LogP) is 10.2. The minimum atomic E-state index is -2.41. The molecule has 0 aromatic heterocycles. The van der Waals surface area contributed by atoms with E-state index in [-0.39, 0.29) is 26.4 Å². The van der Waals surface area contributed by atoms with Crippen LogP contribution in [0.3, 0.4) is 0 Å². The van der Waals surface area contributed by atoms with Crippen LogP contribution in [0.1, 0.15) is 90.9 Å². The van der Waals surface area contributed by atoms with E-state index in [0.717, 1.165) is 22.3 Å². The maximum Gasteiger partial charge on any atom is 0.203 e. The molecule has 5 fully saturated rings. The van der Waals surface area contributed by atoms with Gasteiger partial charge >= 0.3 is 0 Å². The third-order valence-electron chi connectivity index (χ3n) is 14.6. The minimum Gasteiger partial charge on any atom is -0.389 e. The van der Waals surface area contributed by atoms with Crippen LogP contribution < -0.4 is 0 Å². The van der Waals surface area contributed by atoms with Gasteiger partial charge in [0, 0.05) is 5.56 Å². The largest absolute Gasteiger partial charge is 0.389 e. The summed E-state index contributed by atoms with van der Waals surface area (Å²) in [5, 5.41) is 0. The summed E-state index contributed by atoms with van der Waals surface area (Å²) < 4.78 is 89.3. The molecule has 5 aliphatic heterocycles. The average Bonchev–Trinajstić information content (AvgIpc) is 4.01. The normalized spacial score (nSPS) is 33.0. The average molecular weight is 983 g/mol. The fraction of sp³-hybridized carbons (Fsp3) is 0.571. The van der Waals surface area contributed by atoms with Gasteiger partial charge in [-0.25, -0.2) is 0 Å². The molecule has 0 saturated carbocycles. The topological polar surface area (TPSA) is 120 Å². The molecule has 0 amide bonds. The molecular weight excluding hydrogens is 909 g/mol. The molecule has 13 atom stereocenters. The van der Waals surface area contributed by atoms with Crippen LogP contribution in [0.2, 0.25) is 16.6 Å². The maximum absolute atomic E-state index is 7.30. The zero-order valence-electron chi connectivity index (χ0n) is 42.3. The molecule has 380 valence electrons. The van der Waals surface area contributed by atoms with E-state index in [9.17, 15) is 0 Å². The molecule has 0 N–H and O–H groups in total. The highest BCUT2D eigenvalue weighted by Crippen LogP contribution is 2.49.